The van der Waals surface area contributed by atoms with Gasteiger partial charge in [-0.15, -0.1) is 0 Å². The number of carbonyl (C=O) groups is 4. The first-order valence-corrected chi connectivity index (χ1v) is 44.4. The van der Waals surface area contributed by atoms with Crippen LogP contribution in [0.1, 0.15) is 310 Å². The zero-order chi connectivity index (χ0) is 78.9. The molecule has 17 nitrogen and oxygen atoms in total. The Balaban J connectivity index is 5.46. The molecule has 0 spiro atoms. The number of phosphoric acid groups is 2. The van der Waals surface area contributed by atoms with Crippen LogP contribution in [0.4, 0.5) is 0 Å². The Kier molecular flexibility index (Phi) is 75.4. The fourth-order valence-corrected chi connectivity index (χ4v) is 12.0. The van der Waals surface area contributed by atoms with Gasteiger partial charge in [0.25, 0.3) is 0 Å². The maximum atomic E-state index is 13.1. The van der Waals surface area contributed by atoms with E-state index in [1.807, 2.05) is 12.2 Å². The third-order valence-electron chi connectivity index (χ3n) is 16.7. The van der Waals surface area contributed by atoms with E-state index in [-0.39, 0.29) is 25.7 Å². The topological polar surface area (TPSA) is 237 Å². The summed E-state index contributed by atoms with van der Waals surface area (Å²) in [6.45, 7) is 4.41. The maximum absolute atomic E-state index is 13.1. The van der Waals surface area contributed by atoms with Crippen LogP contribution < -0.4 is 0 Å². The molecule has 0 aromatic rings. The average molecular weight is 1550 g/mol. The molecule has 0 aliphatic heterocycles. The van der Waals surface area contributed by atoms with Crippen LogP contribution in [0.3, 0.4) is 0 Å². The summed E-state index contributed by atoms with van der Waals surface area (Å²) in [6, 6.07) is 0. The van der Waals surface area contributed by atoms with Crippen LogP contribution in [0.25, 0.3) is 0 Å². The van der Waals surface area contributed by atoms with Gasteiger partial charge in [-0.1, -0.05) is 288 Å². The number of aliphatic hydroxyl groups is 1. The molecule has 614 valence electrons. The predicted molar refractivity (Wildman–Crippen MR) is 445 cm³/mol. The molecule has 0 aliphatic rings. The molecule has 5 unspecified atom stereocenters. The Morgan fingerprint density at radius 2 is 0.491 bits per heavy atom. The second kappa shape index (κ2) is 79.5. The van der Waals surface area contributed by atoms with Crippen molar-refractivity contribution in [2.75, 3.05) is 39.6 Å². The number of unbranched alkanes of at least 4 members (excludes halogenated alkanes) is 22. The third kappa shape index (κ3) is 78.5. The van der Waals surface area contributed by atoms with Crippen molar-refractivity contribution < 1.29 is 80.2 Å². The summed E-state index contributed by atoms with van der Waals surface area (Å²) < 4.78 is 68.7. The van der Waals surface area contributed by atoms with Crippen LogP contribution in [0, 0.1) is 0 Å². The molecule has 0 saturated heterocycles. The first-order chi connectivity index (χ1) is 52.7. The molecule has 19 heteroatoms. The lowest BCUT2D eigenvalue weighted by molar-refractivity contribution is -0.161. The zero-order valence-electron chi connectivity index (χ0n) is 67.2. The van der Waals surface area contributed by atoms with Crippen molar-refractivity contribution >= 4 is 39.5 Å². The van der Waals surface area contributed by atoms with E-state index in [2.05, 4.69) is 186 Å². The van der Waals surface area contributed by atoms with Gasteiger partial charge in [-0.05, 0) is 167 Å². The quantitative estimate of drug-likeness (QED) is 0.0169. The van der Waals surface area contributed by atoms with Gasteiger partial charge < -0.3 is 33.8 Å². The van der Waals surface area contributed by atoms with E-state index in [0.717, 1.165) is 205 Å². The SMILES string of the molecule is CC/C=C\C/C=C\C/C=C\C/C=C\C/C=C\CCCC(=O)OCC(COP(=O)(O)OCC(O)COP(=O)(O)OCC(COC(=O)CCCCCCCC/C=C\C/C=C\C/C=C\C/C=C\CC)OC(=O)CCCCCCC/C=C\C/C=C\CCCCC)OC(=O)CCCCCCCCC/C=C\C/C=C\C/C=C\CC. The van der Waals surface area contributed by atoms with Crippen LogP contribution in [-0.4, -0.2) is 96.7 Å². The Morgan fingerprint density at radius 1 is 0.269 bits per heavy atom. The van der Waals surface area contributed by atoms with E-state index < -0.39 is 97.5 Å². The summed E-state index contributed by atoms with van der Waals surface area (Å²) in [5.74, 6) is -2.29. The van der Waals surface area contributed by atoms with Crippen LogP contribution in [0.5, 0.6) is 0 Å². The van der Waals surface area contributed by atoms with Crippen molar-refractivity contribution in [1.29, 1.82) is 0 Å². The van der Waals surface area contributed by atoms with Crippen molar-refractivity contribution in [2.24, 2.45) is 0 Å². The van der Waals surface area contributed by atoms with E-state index in [0.29, 0.717) is 32.1 Å². The van der Waals surface area contributed by atoms with Gasteiger partial charge in [-0.2, -0.15) is 0 Å². The molecular formula is C89H146O17P2. The van der Waals surface area contributed by atoms with E-state index in [9.17, 15) is 43.2 Å². The van der Waals surface area contributed by atoms with E-state index in [1.165, 1.54) is 19.3 Å². The van der Waals surface area contributed by atoms with Gasteiger partial charge in [-0.3, -0.25) is 37.3 Å². The molecule has 3 N–H and O–H groups in total. The highest BCUT2D eigenvalue weighted by atomic mass is 31.2. The second-order valence-corrected chi connectivity index (χ2v) is 29.8. The lowest BCUT2D eigenvalue weighted by Crippen LogP contribution is -2.30. The summed E-state index contributed by atoms with van der Waals surface area (Å²) in [4.78, 5) is 73.2. The summed E-state index contributed by atoms with van der Waals surface area (Å²) in [6.07, 6.45) is 94.7. The lowest BCUT2D eigenvalue weighted by atomic mass is 10.1. The monoisotopic (exact) mass is 1550 g/mol. The molecule has 0 aliphatic carbocycles. The Bertz CT molecular complexity index is 2710. The van der Waals surface area contributed by atoms with Gasteiger partial charge in [0.2, 0.25) is 0 Å². The maximum Gasteiger partial charge on any atom is 0.472 e. The number of hydrogen-bond donors (Lipinski definition) is 3. The minimum absolute atomic E-state index is 0.0653. The van der Waals surface area contributed by atoms with E-state index >= 15 is 0 Å². The Morgan fingerprint density at radius 3 is 0.778 bits per heavy atom. The van der Waals surface area contributed by atoms with Crippen molar-refractivity contribution in [3.63, 3.8) is 0 Å². The molecule has 0 aromatic carbocycles. The van der Waals surface area contributed by atoms with Gasteiger partial charge in [0.1, 0.15) is 19.3 Å². The van der Waals surface area contributed by atoms with E-state index in [1.54, 1.807) is 0 Å². The van der Waals surface area contributed by atoms with E-state index in [4.69, 9.17) is 37.0 Å². The zero-order valence-corrected chi connectivity index (χ0v) is 69.0. The number of phosphoric ester groups is 2. The van der Waals surface area contributed by atoms with Crippen molar-refractivity contribution in [3.8, 4) is 0 Å². The van der Waals surface area contributed by atoms with Crippen molar-refractivity contribution in [3.05, 3.63) is 170 Å². The highest BCUT2D eigenvalue weighted by molar-refractivity contribution is 7.47. The summed E-state index contributed by atoms with van der Waals surface area (Å²) >= 11 is 0. The summed E-state index contributed by atoms with van der Waals surface area (Å²) in [7, 11) is -10.0. The number of hydrogen-bond acceptors (Lipinski definition) is 15. The van der Waals surface area contributed by atoms with Crippen molar-refractivity contribution in [2.45, 2.75) is 329 Å². The number of ether oxygens (including phenoxy) is 4. The molecule has 0 amide bonds. The largest absolute Gasteiger partial charge is 0.472 e. The highest BCUT2D eigenvalue weighted by Crippen LogP contribution is 2.45. The summed E-state index contributed by atoms with van der Waals surface area (Å²) in [5, 5.41) is 10.7. The fourth-order valence-electron chi connectivity index (χ4n) is 10.5. The number of aliphatic hydroxyl groups excluding tert-OH is 1. The van der Waals surface area contributed by atoms with Gasteiger partial charge in [0, 0.05) is 25.7 Å². The van der Waals surface area contributed by atoms with Crippen LogP contribution in [0.2, 0.25) is 0 Å². The first kappa shape index (κ1) is 102. The minimum atomic E-state index is -5.00. The Labute approximate surface area is 654 Å². The fraction of sp³-hybridized carbons (Fsp3) is 0.640. The second-order valence-electron chi connectivity index (χ2n) is 26.9. The van der Waals surface area contributed by atoms with Gasteiger partial charge in [-0.25, -0.2) is 9.13 Å². The number of allylic oxidation sites excluding steroid dienone is 28. The molecular weight excluding hydrogens is 1400 g/mol. The molecule has 0 aromatic heterocycles. The predicted octanol–water partition coefficient (Wildman–Crippen LogP) is 24.6. The lowest BCUT2D eigenvalue weighted by Gasteiger charge is -2.21. The molecule has 5 atom stereocenters. The van der Waals surface area contributed by atoms with Gasteiger partial charge in [0.05, 0.1) is 26.4 Å². The Hall–Kier alpha value is -5.58. The minimum Gasteiger partial charge on any atom is -0.462 e. The standard InChI is InChI=1S/C89H146O17P2/c1-5-9-13-17-21-25-29-33-37-40-41-44-47-50-54-58-62-66-70-74-87(92)100-79-84(105-88(93)75-71-67-63-59-55-51-45-36-32-28-24-20-16-12-8-4)81-103-107(95,96)101-77-83(90)78-102-108(97,98)104-82-85(106-89(94)76-72-68-64-60-56-52-48-43-39-35-31-27-23-19-15-11-7-3)80-99-86(91)73-69-65-61-57-53-49-46-42-38-34-30-26-22-18-14-10-6-2/h9-11,13-15,21-28,33-39,41,44-46,49,57,61,83-85,90H,5-8,12,16-20,29-32,40,42-43,47-48,50-56,58-60,62-82H2,1-4H3,(H,95,96)(H,97,98)/b13-9-,14-10-,15-11-,25-21-,26-22-,27-23-,28-24-,37-33-,38-34-,39-35-,44-41-,45-36-,49-46-,61-57-. The molecule has 0 radical (unpaired) electrons. The van der Waals surface area contributed by atoms with Crippen LogP contribution in [-0.2, 0) is 65.4 Å². The molecule has 0 heterocycles. The van der Waals surface area contributed by atoms with Gasteiger partial charge in [0.15, 0.2) is 12.2 Å². The van der Waals surface area contributed by atoms with Gasteiger partial charge >= 0.3 is 39.5 Å². The molecule has 0 fully saturated rings. The number of rotatable bonds is 76. The number of carbonyl (C=O) groups excluding carboxylic acids is 4. The highest BCUT2D eigenvalue weighted by Gasteiger charge is 2.30. The summed E-state index contributed by atoms with van der Waals surface area (Å²) in [5.41, 5.74) is 0. The first-order valence-electron chi connectivity index (χ1n) is 41.4. The molecule has 0 rings (SSSR count). The molecule has 0 saturated carbocycles. The van der Waals surface area contributed by atoms with Crippen LogP contribution >= 0.6 is 15.6 Å². The smallest absolute Gasteiger partial charge is 0.462 e. The van der Waals surface area contributed by atoms with Crippen molar-refractivity contribution in [1.82, 2.24) is 0 Å². The normalized spacial score (nSPS) is 14.7. The third-order valence-corrected chi connectivity index (χ3v) is 18.6. The average Bonchev–Trinajstić information content (AvgIpc) is 0.901. The molecule has 0 bridgehead atoms. The number of esters is 4. The van der Waals surface area contributed by atoms with Crippen LogP contribution in [0.15, 0.2) is 170 Å². The molecule has 108 heavy (non-hydrogen) atoms.